The Balaban J connectivity index is 2.03. The Labute approximate surface area is 114 Å². The molecule has 1 atom stereocenters. The Morgan fingerprint density at radius 1 is 1.44 bits per heavy atom. The molecule has 3 rings (SSSR count). The predicted molar refractivity (Wildman–Crippen MR) is 71.9 cm³/mol. The molecule has 0 bridgehead atoms. The molecule has 2 aromatic heterocycles. The molecule has 1 aliphatic heterocycles. The molecule has 0 aromatic carbocycles. The van der Waals surface area contributed by atoms with E-state index < -0.39 is 0 Å². The number of imidazole rings is 1. The van der Waals surface area contributed by atoms with E-state index in [0.29, 0.717) is 0 Å². The van der Waals surface area contributed by atoms with E-state index in [1.54, 1.807) is 17.7 Å². The molecular formula is C10H9Br2N3S. The average Bonchev–Trinajstić information content (AvgIpc) is 2.85. The maximum atomic E-state index is 4.41. The van der Waals surface area contributed by atoms with Crippen LogP contribution >= 0.6 is 43.2 Å². The molecular weight excluding hydrogens is 354 g/mol. The highest BCUT2D eigenvalue weighted by molar-refractivity contribution is 9.13. The number of fused-ring (bicyclic) bond motifs is 1. The topological polar surface area (TPSA) is 40.7 Å². The molecule has 1 aliphatic rings. The van der Waals surface area contributed by atoms with Crippen molar-refractivity contribution in [3.05, 3.63) is 36.9 Å². The molecule has 0 radical (unpaired) electrons. The van der Waals surface area contributed by atoms with Gasteiger partial charge < -0.3 is 10.3 Å². The molecule has 0 amide bonds. The van der Waals surface area contributed by atoms with E-state index >= 15 is 0 Å². The number of halogens is 2. The Morgan fingerprint density at radius 3 is 3.06 bits per heavy atom. The maximum absolute atomic E-state index is 4.41. The van der Waals surface area contributed by atoms with Crippen LogP contribution in [0.25, 0.3) is 0 Å². The number of hydrogen-bond donors (Lipinski definition) is 2. The zero-order valence-corrected chi connectivity index (χ0v) is 12.2. The highest BCUT2D eigenvalue weighted by Crippen LogP contribution is 2.38. The van der Waals surface area contributed by atoms with Crippen LogP contribution in [0.4, 0.5) is 0 Å². The minimum atomic E-state index is 0.225. The van der Waals surface area contributed by atoms with E-state index in [0.717, 1.165) is 26.9 Å². The molecule has 2 N–H and O–H groups in total. The second kappa shape index (κ2) is 4.25. The first kappa shape index (κ1) is 11.0. The molecule has 16 heavy (non-hydrogen) atoms. The van der Waals surface area contributed by atoms with Gasteiger partial charge in [-0.25, -0.2) is 4.98 Å². The molecule has 3 nitrogen and oxygen atoms in total. The molecule has 0 aliphatic carbocycles. The van der Waals surface area contributed by atoms with Crippen LogP contribution in [-0.2, 0) is 6.42 Å². The number of aromatic amines is 1. The molecule has 0 saturated heterocycles. The van der Waals surface area contributed by atoms with Crippen LogP contribution < -0.4 is 5.32 Å². The normalized spacial score (nSPS) is 19.8. The summed E-state index contributed by atoms with van der Waals surface area (Å²) in [6.07, 6.45) is 2.81. The first-order valence-electron chi connectivity index (χ1n) is 4.96. The van der Waals surface area contributed by atoms with Crippen LogP contribution in [0.15, 0.2) is 20.7 Å². The van der Waals surface area contributed by atoms with Crippen molar-refractivity contribution in [1.82, 2.24) is 15.3 Å². The minimum Gasteiger partial charge on any atom is -0.348 e. The fourth-order valence-corrected chi connectivity index (χ4v) is 4.13. The van der Waals surface area contributed by atoms with Crippen molar-refractivity contribution in [3.63, 3.8) is 0 Å². The third-order valence-corrected chi connectivity index (χ3v) is 6.02. The van der Waals surface area contributed by atoms with Gasteiger partial charge in [0.15, 0.2) is 0 Å². The van der Waals surface area contributed by atoms with Crippen LogP contribution in [0.3, 0.4) is 0 Å². The quantitative estimate of drug-likeness (QED) is 0.817. The third kappa shape index (κ3) is 1.77. The fraction of sp³-hybridized carbons (Fsp3) is 0.300. The van der Waals surface area contributed by atoms with Gasteiger partial charge in [-0.1, -0.05) is 0 Å². The number of hydrogen-bond acceptors (Lipinski definition) is 3. The smallest absolute Gasteiger partial charge is 0.0926 e. The summed E-state index contributed by atoms with van der Waals surface area (Å²) in [6, 6.07) is 2.37. The summed E-state index contributed by atoms with van der Waals surface area (Å²) < 4.78 is 2.24. The number of aromatic nitrogens is 2. The first-order chi connectivity index (χ1) is 7.75. The molecule has 6 heteroatoms. The maximum Gasteiger partial charge on any atom is 0.0926 e. The Kier molecular flexibility index (Phi) is 2.91. The van der Waals surface area contributed by atoms with Crippen LogP contribution in [0.2, 0.25) is 0 Å². The van der Waals surface area contributed by atoms with Crippen molar-refractivity contribution in [3.8, 4) is 0 Å². The minimum absolute atomic E-state index is 0.225. The van der Waals surface area contributed by atoms with Crippen molar-refractivity contribution in [1.29, 1.82) is 0 Å². The van der Waals surface area contributed by atoms with E-state index in [-0.39, 0.29) is 6.04 Å². The van der Waals surface area contributed by atoms with Gasteiger partial charge in [-0.3, -0.25) is 0 Å². The largest absolute Gasteiger partial charge is 0.348 e. The second-order valence-corrected chi connectivity index (χ2v) is 6.93. The van der Waals surface area contributed by atoms with E-state index in [2.05, 4.69) is 53.2 Å². The molecule has 0 fully saturated rings. The van der Waals surface area contributed by atoms with Gasteiger partial charge >= 0.3 is 0 Å². The van der Waals surface area contributed by atoms with Gasteiger partial charge in [0.05, 0.1) is 21.8 Å². The van der Waals surface area contributed by atoms with Crippen molar-refractivity contribution < 1.29 is 0 Å². The lowest BCUT2D eigenvalue weighted by atomic mass is 10.0. The molecule has 3 heterocycles. The number of thiophene rings is 1. The molecule has 0 saturated carbocycles. The van der Waals surface area contributed by atoms with Gasteiger partial charge in [-0.2, -0.15) is 0 Å². The number of rotatable bonds is 1. The van der Waals surface area contributed by atoms with Gasteiger partial charge in [0, 0.05) is 28.0 Å². The monoisotopic (exact) mass is 361 g/mol. The van der Waals surface area contributed by atoms with Crippen LogP contribution in [0.1, 0.15) is 22.3 Å². The summed E-state index contributed by atoms with van der Waals surface area (Å²) in [7, 11) is 0. The average molecular weight is 363 g/mol. The summed E-state index contributed by atoms with van der Waals surface area (Å²) in [5, 5.41) is 3.50. The van der Waals surface area contributed by atoms with E-state index in [9.17, 15) is 0 Å². The van der Waals surface area contributed by atoms with E-state index in [4.69, 9.17) is 0 Å². The highest BCUT2D eigenvalue weighted by atomic mass is 79.9. The van der Waals surface area contributed by atoms with Crippen LogP contribution in [0.5, 0.6) is 0 Å². The summed E-state index contributed by atoms with van der Waals surface area (Å²) in [5.41, 5.74) is 2.39. The summed E-state index contributed by atoms with van der Waals surface area (Å²) >= 11 is 8.79. The molecule has 2 aromatic rings. The predicted octanol–water partition coefficient (Wildman–Crippen LogP) is 3.23. The summed E-state index contributed by atoms with van der Waals surface area (Å²) in [5.74, 6) is 0. The summed E-state index contributed by atoms with van der Waals surface area (Å²) in [6.45, 7) is 0.993. The summed E-state index contributed by atoms with van der Waals surface area (Å²) in [4.78, 5) is 8.90. The second-order valence-electron chi connectivity index (χ2n) is 3.67. The molecule has 84 valence electrons. The zero-order chi connectivity index (χ0) is 11.1. The van der Waals surface area contributed by atoms with E-state index in [1.165, 1.54) is 10.6 Å². The van der Waals surface area contributed by atoms with Gasteiger partial charge in [-0.15, -0.1) is 11.3 Å². The van der Waals surface area contributed by atoms with Crippen molar-refractivity contribution >= 4 is 43.2 Å². The number of nitrogens with zero attached hydrogens (tertiary/aromatic N) is 1. The van der Waals surface area contributed by atoms with Gasteiger partial charge in [-0.05, 0) is 37.9 Å². The lowest BCUT2D eigenvalue weighted by molar-refractivity contribution is 0.560. The Bertz CT molecular complexity index is 500. The van der Waals surface area contributed by atoms with E-state index in [1.807, 2.05) is 0 Å². The lowest BCUT2D eigenvalue weighted by Gasteiger charge is -2.21. The molecule has 0 spiro atoms. The fourth-order valence-electron chi connectivity index (χ4n) is 1.96. The van der Waals surface area contributed by atoms with Crippen LogP contribution in [0, 0.1) is 0 Å². The van der Waals surface area contributed by atoms with Crippen molar-refractivity contribution in [2.24, 2.45) is 0 Å². The Morgan fingerprint density at radius 2 is 2.31 bits per heavy atom. The Hall–Kier alpha value is -0.170. The van der Waals surface area contributed by atoms with Crippen LogP contribution in [-0.4, -0.2) is 16.5 Å². The highest BCUT2D eigenvalue weighted by Gasteiger charge is 2.25. The lowest BCUT2D eigenvalue weighted by Crippen LogP contribution is -2.30. The van der Waals surface area contributed by atoms with Gasteiger partial charge in [0.1, 0.15) is 0 Å². The van der Waals surface area contributed by atoms with Gasteiger partial charge in [0.25, 0.3) is 0 Å². The van der Waals surface area contributed by atoms with Crippen molar-refractivity contribution in [2.45, 2.75) is 12.5 Å². The number of H-pyrrole nitrogens is 1. The SMILES string of the molecule is Brc1cc(C2NCCc3[nH]cnc32)sc1Br. The first-order valence-corrected chi connectivity index (χ1v) is 7.36. The van der Waals surface area contributed by atoms with Gasteiger partial charge in [0.2, 0.25) is 0 Å². The molecule has 1 unspecified atom stereocenters. The standard InChI is InChI=1S/C10H9Br2N3S/c11-5-3-7(16-10(5)12)9-8-6(1-2-13-9)14-4-15-8/h3-4,9,13H,1-2H2,(H,14,15). The van der Waals surface area contributed by atoms with Crippen molar-refractivity contribution in [2.75, 3.05) is 6.54 Å². The third-order valence-electron chi connectivity index (χ3n) is 2.70. The number of nitrogens with one attached hydrogen (secondary N) is 2. The zero-order valence-electron chi connectivity index (χ0n) is 8.26.